The largest absolute Gasteiger partial charge is 0.322 e. The molecule has 3 N–H and O–H groups in total. The number of rotatable bonds is 5. The summed E-state index contributed by atoms with van der Waals surface area (Å²) in [5, 5.41) is 4.81. The molecule has 3 aromatic rings. The maximum Gasteiger partial charge on any atom is 0.261 e. The number of amides is 3. The van der Waals surface area contributed by atoms with E-state index in [4.69, 9.17) is 0 Å². The minimum atomic E-state index is -3.90. The molecule has 0 unspecified atom stereocenters. The van der Waals surface area contributed by atoms with Crippen molar-refractivity contribution in [1.82, 2.24) is 5.32 Å². The minimum Gasteiger partial charge on any atom is -0.322 e. The van der Waals surface area contributed by atoms with Crippen molar-refractivity contribution < 1.29 is 22.8 Å². The van der Waals surface area contributed by atoms with Crippen LogP contribution in [0.2, 0.25) is 0 Å². The lowest BCUT2D eigenvalue weighted by atomic mass is 10.1. The fraction of sp³-hybridized carbons (Fsp3) is 0.0455. The number of fused-ring (bicyclic) bond motifs is 1. The standard InChI is InChI=1S/C22H17N3O5S/c1-13-6-9-15(10-7-13)31(29,30)25-19-5-3-2-4-17(19)21(27)23-14-8-11-16-18(12-14)22(28)24-20(16)26/h2-12,25H,1H3,(H,23,27)(H,24,26,28). The van der Waals surface area contributed by atoms with Gasteiger partial charge in [-0.3, -0.25) is 24.4 Å². The van der Waals surface area contributed by atoms with E-state index >= 15 is 0 Å². The number of benzene rings is 3. The molecule has 3 aromatic carbocycles. The molecule has 1 heterocycles. The quantitative estimate of drug-likeness (QED) is 0.532. The summed E-state index contributed by atoms with van der Waals surface area (Å²) >= 11 is 0. The fourth-order valence-electron chi connectivity index (χ4n) is 3.14. The van der Waals surface area contributed by atoms with Crippen molar-refractivity contribution in [2.75, 3.05) is 10.0 Å². The van der Waals surface area contributed by atoms with E-state index < -0.39 is 27.7 Å². The van der Waals surface area contributed by atoms with E-state index in [0.29, 0.717) is 5.69 Å². The van der Waals surface area contributed by atoms with Gasteiger partial charge in [-0.25, -0.2) is 8.42 Å². The highest BCUT2D eigenvalue weighted by atomic mass is 32.2. The van der Waals surface area contributed by atoms with Gasteiger partial charge in [0, 0.05) is 5.69 Å². The van der Waals surface area contributed by atoms with Gasteiger partial charge in [-0.1, -0.05) is 29.8 Å². The molecule has 1 aliphatic heterocycles. The molecule has 8 nitrogen and oxygen atoms in total. The maximum absolute atomic E-state index is 12.8. The van der Waals surface area contributed by atoms with Crippen LogP contribution in [-0.2, 0) is 10.0 Å². The number of sulfonamides is 1. The van der Waals surface area contributed by atoms with Crippen LogP contribution < -0.4 is 15.4 Å². The molecule has 0 saturated heterocycles. The van der Waals surface area contributed by atoms with Crippen LogP contribution in [0.4, 0.5) is 11.4 Å². The van der Waals surface area contributed by atoms with Crippen molar-refractivity contribution >= 4 is 39.1 Å². The number of anilines is 2. The summed E-state index contributed by atoms with van der Waals surface area (Å²) in [5.74, 6) is -1.61. The molecule has 0 atom stereocenters. The first-order valence-electron chi connectivity index (χ1n) is 9.24. The number of para-hydroxylation sites is 1. The molecule has 0 radical (unpaired) electrons. The Kier molecular flexibility index (Phi) is 5.04. The zero-order chi connectivity index (χ0) is 22.2. The van der Waals surface area contributed by atoms with Gasteiger partial charge in [0.15, 0.2) is 0 Å². The van der Waals surface area contributed by atoms with Crippen molar-refractivity contribution in [3.05, 3.63) is 89.0 Å². The SMILES string of the molecule is Cc1ccc(S(=O)(=O)Nc2ccccc2C(=O)Nc2ccc3c(c2)C(=O)NC3=O)cc1. The monoisotopic (exact) mass is 435 g/mol. The highest BCUT2D eigenvalue weighted by molar-refractivity contribution is 7.92. The topological polar surface area (TPSA) is 121 Å². The number of aryl methyl sites for hydroxylation is 1. The molecule has 31 heavy (non-hydrogen) atoms. The van der Waals surface area contributed by atoms with Gasteiger partial charge in [-0.15, -0.1) is 0 Å². The number of carbonyl (C=O) groups excluding carboxylic acids is 3. The van der Waals surface area contributed by atoms with Crippen LogP contribution >= 0.6 is 0 Å². The zero-order valence-electron chi connectivity index (χ0n) is 16.3. The fourth-order valence-corrected chi connectivity index (χ4v) is 4.22. The lowest BCUT2D eigenvalue weighted by molar-refractivity contribution is 0.0878. The highest BCUT2D eigenvalue weighted by Gasteiger charge is 2.27. The Morgan fingerprint density at radius 1 is 0.871 bits per heavy atom. The first kappa shape index (κ1) is 20.3. The first-order valence-corrected chi connectivity index (χ1v) is 10.7. The molecule has 9 heteroatoms. The number of imide groups is 1. The van der Waals surface area contributed by atoms with Gasteiger partial charge in [0.1, 0.15) is 0 Å². The van der Waals surface area contributed by atoms with Crippen LogP contribution in [0.15, 0.2) is 71.6 Å². The number of nitrogens with one attached hydrogen (secondary N) is 3. The molecule has 0 saturated carbocycles. The Morgan fingerprint density at radius 2 is 1.55 bits per heavy atom. The van der Waals surface area contributed by atoms with Gasteiger partial charge < -0.3 is 5.32 Å². The Bertz CT molecular complexity index is 1330. The van der Waals surface area contributed by atoms with E-state index in [9.17, 15) is 22.8 Å². The van der Waals surface area contributed by atoms with Crippen LogP contribution in [0.1, 0.15) is 36.6 Å². The van der Waals surface area contributed by atoms with Gasteiger partial charge >= 0.3 is 0 Å². The van der Waals surface area contributed by atoms with Crippen LogP contribution in [0.25, 0.3) is 0 Å². The van der Waals surface area contributed by atoms with Gasteiger partial charge in [0.25, 0.3) is 27.7 Å². The van der Waals surface area contributed by atoms with Gasteiger partial charge in [0.05, 0.1) is 27.3 Å². The van der Waals surface area contributed by atoms with Gasteiger partial charge in [-0.05, 0) is 49.4 Å². The molecule has 0 aliphatic carbocycles. The summed E-state index contributed by atoms with van der Waals surface area (Å²) in [6.45, 7) is 1.85. The molecule has 0 spiro atoms. The van der Waals surface area contributed by atoms with E-state index in [-0.39, 0.29) is 27.3 Å². The van der Waals surface area contributed by atoms with Crippen LogP contribution in [0, 0.1) is 6.92 Å². The summed E-state index contributed by atoms with van der Waals surface area (Å²) < 4.78 is 27.9. The number of carbonyl (C=O) groups is 3. The van der Waals surface area contributed by atoms with E-state index in [1.54, 1.807) is 24.3 Å². The molecule has 3 amide bonds. The average molecular weight is 435 g/mol. The van der Waals surface area contributed by atoms with Crippen molar-refractivity contribution in [1.29, 1.82) is 0 Å². The molecule has 0 aromatic heterocycles. The summed E-state index contributed by atoms with van der Waals surface area (Å²) in [6, 6.07) is 16.8. The Labute approximate surface area is 178 Å². The highest BCUT2D eigenvalue weighted by Crippen LogP contribution is 2.24. The second kappa shape index (κ2) is 7.69. The smallest absolute Gasteiger partial charge is 0.261 e. The lowest BCUT2D eigenvalue weighted by Crippen LogP contribution is -2.20. The number of hydrogen-bond acceptors (Lipinski definition) is 5. The molecule has 0 bridgehead atoms. The third-order valence-corrected chi connectivity index (χ3v) is 6.12. The van der Waals surface area contributed by atoms with Gasteiger partial charge in [0.2, 0.25) is 0 Å². The van der Waals surface area contributed by atoms with E-state index in [2.05, 4.69) is 15.4 Å². The van der Waals surface area contributed by atoms with Gasteiger partial charge in [-0.2, -0.15) is 0 Å². The molecule has 4 rings (SSSR count). The van der Waals surface area contributed by atoms with Crippen molar-refractivity contribution in [2.24, 2.45) is 0 Å². The van der Waals surface area contributed by atoms with Crippen molar-refractivity contribution in [3.8, 4) is 0 Å². The molecular formula is C22H17N3O5S. The second-order valence-electron chi connectivity index (χ2n) is 6.96. The first-order chi connectivity index (χ1) is 14.7. The maximum atomic E-state index is 12.8. The minimum absolute atomic E-state index is 0.0719. The summed E-state index contributed by atoms with van der Waals surface area (Å²) in [4.78, 5) is 36.4. The lowest BCUT2D eigenvalue weighted by Gasteiger charge is -2.13. The average Bonchev–Trinajstić information content (AvgIpc) is 3.01. The van der Waals surface area contributed by atoms with E-state index in [1.807, 2.05) is 6.92 Å². The summed E-state index contributed by atoms with van der Waals surface area (Å²) in [6.07, 6.45) is 0. The molecule has 156 valence electrons. The van der Waals surface area contributed by atoms with Crippen molar-refractivity contribution in [2.45, 2.75) is 11.8 Å². The zero-order valence-corrected chi connectivity index (χ0v) is 17.1. The van der Waals surface area contributed by atoms with E-state index in [0.717, 1.165) is 5.56 Å². The second-order valence-corrected chi connectivity index (χ2v) is 8.64. The van der Waals surface area contributed by atoms with Crippen molar-refractivity contribution in [3.63, 3.8) is 0 Å². The summed E-state index contributed by atoms with van der Waals surface area (Å²) in [5.41, 5.74) is 1.81. The molecule has 0 fully saturated rings. The number of hydrogen-bond donors (Lipinski definition) is 3. The third-order valence-electron chi connectivity index (χ3n) is 4.74. The van der Waals surface area contributed by atoms with Crippen LogP contribution in [0.3, 0.4) is 0 Å². The normalized spacial score (nSPS) is 12.8. The summed E-state index contributed by atoms with van der Waals surface area (Å²) in [7, 11) is -3.90. The third kappa shape index (κ3) is 4.03. The predicted octanol–water partition coefficient (Wildman–Crippen LogP) is 2.93. The Morgan fingerprint density at radius 3 is 2.29 bits per heavy atom. The Balaban J connectivity index is 1.59. The van der Waals surface area contributed by atoms with Crippen LogP contribution in [-0.4, -0.2) is 26.1 Å². The molecular weight excluding hydrogens is 418 g/mol. The van der Waals surface area contributed by atoms with E-state index in [1.165, 1.54) is 42.5 Å². The van der Waals surface area contributed by atoms with Crippen LogP contribution in [0.5, 0.6) is 0 Å². The predicted molar refractivity (Wildman–Crippen MR) is 115 cm³/mol. The Hall–Kier alpha value is -3.98. The molecule has 1 aliphatic rings.